The van der Waals surface area contributed by atoms with Crippen molar-refractivity contribution in [2.75, 3.05) is 0 Å². The summed E-state index contributed by atoms with van der Waals surface area (Å²) < 4.78 is 0. The molecule has 0 aromatic carbocycles. The third-order valence-corrected chi connectivity index (χ3v) is 1.28. The lowest BCUT2D eigenvalue weighted by Gasteiger charge is -2.07. The highest BCUT2D eigenvalue weighted by Crippen LogP contribution is 2.05. The maximum absolute atomic E-state index is 8.04. The Hall–Kier alpha value is -0.160. The van der Waals surface area contributed by atoms with Crippen molar-refractivity contribution in [1.29, 1.82) is 0 Å². The molecule has 0 radical (unpaired) electrons. The lowest BCUT2D eigenvalue weighted by molar-refractivity contribution is -0.432. The molecule has 0 amide bonds. The second-order valence-corrected chi connectivity index (χ2v) is 2.14. The summed E-state index contributed by atoms with van der Waals surface area (Å²) in [4.78, 5) is 7.55. The SMILES string of the molecule is CCCCCC(OO)OO. The summed E-state index contributed by atoms with van der Waals surface area (Å²) in [5.74, 6) is 0. The van der Waals surface area contributed by atoms with Crippen molar-refractivity contribution in [3.05, 3.63) is 0 Å². The van der Waals surface area contributed by atoms with Crippen LogP contribution < -0.4 is 0 Å². The quantitative estimate of drug-likeness (QED) is 0.262. The zero-order valence-electron chi connectivity index (χ0n) is 6.12. The van der Waals surface area contributed by atoms with Crippen molar-refractivity contribution in [3.63, 3.8) is 0 Å². The molecule has 0 saturated carbocycles. The van der Waals surface area contributed by atoms with Gasteiger partial charge in [0.05, 0.1) is 0 Å². The van der Waals surface area contributed by atoms with E-state index in [-0.39, 0.29) is 0 Å². The molecule has 4 nitrogen and oxygen atoms in total. The molecule has 0 bridgehead atoms. The minimum atomic E-state index is -0.883. The minimum absolute atomic E-state index is 0.515. The molecule has 62 valence electrons. The van der Waals surface area contributed by atoms with E-state index < -0.39 is 6.29 Å². The van der Waals surface area contributed by atoms with Crippen molar-refractivity contribution in [2.45, 2.75) is 38.9 Å². The monoisotopic (exact) mass is 150 g/mol. The average molecular weight is 150 g/mol. The third-order valence-electron chi connectivity index (χ3n) is 1.28. The van der Waals surface area contributed by atoms with Crippen molar-refractivity contribution >= 4 is 0 Å². The van der Waals surface area contributed by atoms with Crippen LogP contribution >= 0.6 is 0 Å². The summed E-state index contributed by atoms with van der Waals surface area (Å²) in [6.07, 6.45) is 2.64. The van der Waals surface area contributed by atoms with E-state index in [0.717, 1.165) is 19.3 Å². The molecular weight excluding hydrogens is 136 g/mol. The van der Waals surface area contributed by atoms with Crippen molar-refractivity contribution in [2.24, 2.45) is 0 Å². The van der Waals surface area contributed by atoms with Crippen molar-refractivity contribution in [1.82, 2.24) is 0 Å². The Bertz CT molecular complexity index is 62.8. The lowest BCUT2D eigenvalue weighted by Crippen LogP contribution is -2.12. The molecule has 4 heteroatoms. The van der Waals surface area contributed by atoms with E-state index in [2.05, 4.69) is 16.7 Å². The van der Waals surface area contributed by atoms with Gasteiger partial charge in [0.2, 0.25) is 6.29 Å². The molecule has 0 aliphatic rings. The minimum Gasteiger partial charge on any atom is -0.249 e. The zero-order valence-corrected chi connectivity index (χ0v) is 6.12. The van der Waals surface area contributed by atoms with Crippen molar-refractivity contribution in [3.8, 4) is 0 Å². The van der Waals surface area contributed by atoms with Crippen LogP contribution in [0.15, 0.2) is 0 Å². The summed E-state index contributed by atoms with van der Waals surface area (Å²) in [5, 5.41) is 16.1. The number of unbranched alkanes of at least 4 members (excludes halogenated alkanes) is 2. The molecule has 0 aliphatic heterocycles. The van der Waals surface area contributed by atoms with E-state index in [9.17, 15) is 0 Å². The summed E-state index contributed by atoms with van der Waals surface area (Å²) >= 11 is 0. The van der Waals surface area contributed by atoms with Gasteiger partial charge in [-0.3, -0.25) is 0 Å². The van der Waals surface area contributed by atoms with Crippen LogP contribution in [0.3, 0.4) is 0 Å². The Labute approximate surface area is 60.2 Å². The largest absolute Gasteiger partial charge is 0.249 e. The van der Waals surface area contributed by atoms with E-state index in [1.807, 2.05) is 0 Å². The third kappa shape index (κ3) is 4.69. The van der Waals surface area contributed by atoms with Crippen LogP contribution in [0, 0.1) is 0 Å². The molecule has 0 aromatic rings. The topological polar surface area (TPSA) is 58.9 Å². The first-order valence-corrected chi connectivity index (χ1v) is 3.45. The molecular formula is C6H14O4. The van der Waals surface area contributed by atoms with Gasteiger partial charge in [-0.05, 0) is 6.42 Å². The average Bonchev–Trinajstić information content (AvgIpc) is 1.99. The number of rotatable bonds is 6. The van der Waals surface area contributed by atoms with Gasteiger partial charge in [0.1, 0.15) is 0 Å². The highest BCUT2D eigenvalue weighted by Gasteiger charge is 2.06. The van der Waals surface area contributed by atoms with Gasteiger partial charge in [0.25, 0.3) is 0 Å². The normalized spacial score (nSPS) is 10.8. The molecule has 0 saturated heterocycles. The number of hydrogen-bond donors (Lipinski definition) is 2. The van der Waals surface area contributed by atoms with Crippen LogP contribution in [0.4, 0.5) is 0 Å². The fourth-order valence-electron chi connectivity index (χ4n) is 0.686. The van der Waals surface area contributed by atoms with Crippen LogP contribution in [-0.2, 0) is 9.78 Å². The van der Waals surface area contributed by atoms with Gasteiger partial charge in [-0.1, -0.05) is 19.8 Å². The van der Waals surface area contributed by atoms with Crippen LogP contribution in [0.2, 0.25) is 0 Å². The van der Waals surface area contributed by atoms with Crippen LogP contribution in [0.25, 0.3) is 0 Å². The van der Waals surface area contributed by atoms with Gasteiger partial charge >= 0.3 is 0 Å². The van der Waals surface area contributed by atoms with Gasteiger partial charge in [0, 0.05) is 6.42 Å². The Morgan fingerprint density at radius 3 is 2.20 bits per heavy atom. The molecule has 0 heterocycles. The lowest BCUT2D eigenvalue weighted by atomic mass is 10.2. The number of hydrogen-bond acceptors (Lipinski definition) is 4. The summed E-state index contributed by atoms with van der Waals surface area (Å²) in [6, 6.07) is 0. The Kier molecular flexibility index (Phi) is 6.84. The molecule has 10 heavy (non-hydrogen) atoms. The predicted octanol–water partition coefficient (Wildman–Crippen LogP) is 1.87. The fraction of sp³-hybridized carbons (Fsp3) is 1.00. The second kappa shape index (κ2) is 6.95. The fourth-order valence-corrected chi connectivity index (χ4v) is 0.686. The summed E-state index contributed by atoms with van der Waals surface area (Å²) in [7, 11) is 0. The second-order valence-electron chi connectivity index (χ2n) is 2.14. The molecule has 0 fully saturated rings. The van der Waals surface area contributed by atoms with Crippen molar-refractivity contribution < 1.29 is 20.3 Å². The van der Waals surface area contributed by atoms with Crippen LogP contribution in [0.5, 0.6) is 0 Å². The first kappa shape index (κ1) is 9.84. The van der Waals surface area contributed by atoms with Crippen LogP contribution in [-0.4, -0.2) is 16.8 Å². The summed E-state index contributed by atoms with van der Waals surface area (Å²) in [5.41, 5.74) is 0. The Balaban J connectivity index is 3.09. The molecule has 0 unspecified atom stereocenters. The highest BCUT2D eigenvalue weighted by molar-refractivity contribution is 4.42. The maximum atomic E-state index is 8.04. The van der Waals surface area contributed by atoms with Gasteiger partial charge in [0.15, 0.2) is 0 Å². The van der Waals surface area contributed by atoms with Gasteiger partial charge in [-0.25, -0.2) is 20.3 Å². The highest BCUT2D eigenvalue weighted by atomic mass is 17.2. The predicted molar refractivity (Wildman–Crippen MR) is 35.4 cm³/mol. The first-order valence-electron chi connectivity index (χ1n) is 3.45. The summed E-state index contributed by atoms with van der Waals surface area (Å²) in [6.45, 7) is 2.06. The van der Waals surface area contributed by atoms with E-state index in [1.165, 1.54) is 0 Å². The maximum Gasteiger partial charge on any atom is 0.223 e. The standard InChI is InChI=1S/C6H14O4/c1-2-3-4-5-6(9-7)10-8/h6-8H,2-5H2,1H3. The molecule has 0 aromatic heterocycles. The Morgan fingerprint density at radius 2 is 1.80 bits per heavy atom. The first-order chi connectivity index (χ1) is 4.85. The Morgan fingerprint density at radius 1 is 1.20 bits per heavy atom. The molecule has 0 atom stereocenters. The molecule has 0 spiro atoms. The van der Waals surface area contributed by atoms with Gasteiger partial charge in [-0.15, -0.1) is 0 Å². The smallest absolute Gasteiger partial charge is 0.223 e. The van der Waals surface area contributed by atoms with E-state index in [4.69, 9.17) is 10.5 Å². The van der Waals surface area contributed by atoms with Gasteiger partial charge in [-0.2, -0.15) is 0 Å². The zero-order chi connectivity index (χ0) is 7.82. The van der Waals surface area contributed by atoms with Crippen LogP contribution in [0.1, 0.15) is 32.6 Å². The molecule has 0 rings (SSSR count). The molecule has 2 N–H and O–H groups in total. The van der Waals surface area contributed by atoms with E-state index >= 15 is 0 Å². The van der Waals surface area contributed by atoms with E-state index in [1.54, 1.807) is 0 Å². The van der Waals surface area contributed by atoms with E-state index in [0.29, 0.717) is 6.42 Å². The van der Waals surface area contributed by atoms with Gasteiger partial charge < -0.3 is 0 Å². The molecule has 0 aliphatic carbocycles.